The minimum atomic E-state index is -0.316. The fourth-order valence-corrected chi connectivity index (χ4v) is 4.17. The van der Waals surface area contributed by atoms with E-state index in [1.807, 2.05) is 20.9 Å². The van der Waals surface area contributed by atoms with Crippen LogP contribution in [0.25, 0.3) is 10.2 Å². The number of hydrogen-bond acceptors (Lipinski definition) is 7. The quantitative estimate of drug-likeness (QED) is 0.779. The van der Waals surface area contributed by atoms with Gasteiger partial charge in [-0.05, 0) is 32.6 Å². The van der Waals surface area contributed by atoms with Crippen molar-refractivity contribution in [3.05, 3.63) is 16.3 Å². The van der Waals surface area contributed by atoms with Crippen LogP contribution in [0.5, 0.6) is 0 Å². The van der Waals surface area contributed by atoms with E-state index in [0.717, 1.165) is 27.4 Å². The number of ether oxygens (including phenoxy) is 1. The lowest BCUT2D eigenvalue weighted by Crippen LogP contribution is -2.32. The average molecular weight is 339 g/mol. The monoisotopic (exact) mass is 339 g/mol. The van der Waals surface area contributed by atoms with Gasteiger partial charge in [0, 0.05) is 18.8 Å². The third-order valence-electron chi connectivity index (χ3n) is 3.66. The van der Waals surface area contributed by atoms with Crippen LogP contribution in [0.2, 0.25) is 0 Å². The second-order valence-electron chi connectivity index (χ2n) is 5.24. The molecule has 2 aromatic heterocycles. The van der Waals surface area contributed by atoms with Crippen molar-refractivity contribution >= 4 is 45.1 Å². The summed E-state index contributed by atoms with van der Waals surface area (Å²) >= 11 is 3.17. The summed E-state index contributed by atoms with van der Waals surface area (Å²) in [5, 5.41) is 0.950. The summed E-state index contributed by atoms with van der Waals surface area (Å²) in [7, 11) is 3.44. The molecule has 0 N–H and O–H groups in total. The zero-order valence-corrected chi connectivity index (χ0v) is 15.4. The molecule has 0 aromatic carbocycles. The number of nitrogens with zero attached hydrogens (tertiary/aromatic N) is 3. The van der Waals surface area contributed by atoms with Crippen LogP contribution in [0.3, 0.4) is 0 Å². The van der Waals surface area contributed by atoms with Gasteiger partial charge in [-0.1, -0.05) is 0 Å². The van der Waals surface area contributed by atoms with Gasteiger partial charge in [0.25, 0.3) is 0 Å². The van der Waals surface area contributed by atoms with Gasteiger partial charge < -0.3 is 9.64 Å². The van der Waals surface area contributed by atoms with Crippen LogP contribution in [0.1, 0.15) is 28.0 Å². The Bertz CT molecular complexity index is 700. The number of rotatable bonds is 5. The van der Waals surface area contributed by atoms with Gasteiger partial charge in [-0.25, -0.2) is 14.8 Å². The van der Waals surface area contributed by atoms with Crippen molar-refractivity contribution in [2.45, 2.75) is 26.8 Å². The molecule has 0 aliphatic carbocycles. The molecular formula is C15H21N3O2S2. The van der Waals surface area contributed by atoms with Crippen LogP contribution in [-0.4, -0.2) is 48.1 Å². The lowest BCUT2D eigenvalue weighted by Gasteiger charge is -2.26. The molecule has 0 fully saturated rings. The maximum absolute atomic E-state index is 11.9. The number of methoxy groups -OCH3 is 1. The van der Waals surface area contributed by atoms with E-state index in [1.165, 1.54) is 18.4 Å². The Balaban J connectivity index is 2.63. The van der Waals surface area contributed by atoms with E-state index < -0.39 is 0 Å². The summed E-state index contributed by atoms with van der Waals surface area (Å²) in [6.07, 6.45) is 2.09. The second-order valence-corrected chi connectivity index (χ2v) is 7.15. The molecule has 2 rings (SSSR count). The van der Waals surface area contributed by atoms with E-state index in [2.05, 4.69) is 28.0 Å². The highest BCUT2D eigenvalue weighted by Gasteiger charge is 2.23. The molecule has 22 heavy (non-hydrogen) atoms. The second kappa shape index (κ2) is 6.83. The predicted molar refractivity (Wildman–Crippen MR) is 94.5 cm³/mol. The van der Waals surface area contributed by atoms with E-state index in [9.17, 15) is 4.79 Å². The van der Waals surface area contributed by atoms with Crippen LogP contribution in [-0.2, 0) is 4.74 Å². The fraction of sp³-hybridized carbons (Fsp3) is 0.533. The third kappa shape index (κ3) is 3.05. The topological polar surface area (TPSA) is 55.3 Å². The van der Waals surface area contributed by atoms with Crippen LogP contribution >= 0.6 is 23.1 Å². The van der Waals surface area contributed by atoms with Gasteiger partial charge >= 0.3 is 5.97 Å². The van der Waals surface area contributed by atoms with Gasteiger partial charge in [0.2, 0.25) is 0 Å². The predicted octanol–water partition coefficient (Wildman–Crippen LogP) is 3.28. The van der Waals surface area contributed by atoms with Crippen molar-refractivity contribution in [3.8, 4) is 0 Å². The maximum atomic E-state index is 11.9. The molecule has 2 heterocycles. The molecule has 1 unspecified atom stereocenters. The van der Waals surface area contributed by atoms with Crippen LogP contribution in [0.15, 0.2) is 0 Å². The van der Waals surface area contributed by atoms with Gasteiger partial charge in [-0.2, -0.15) is 11.8 Å². The maximum Gasteiger partial charge on any atom is 0.348 e. The first-order valence-electron chi connectivity index (χ1n) is 6.98. The first-order valence-corrected chi connectivity index (χ1v) is 9.19. The van der Waals surface area contributed by atoms with E-state index >= 15 is 0 Å². The number of anilines is 1. The minimum absolute atomic E-state index is 0.316. The Morgan fingerprint density at radius 1 is 1.41 bits per heavy atom. The molecular weight excluding hydrogens is 318 g/mol. The van der Waals surface area contributed by atoms with Gasteiger partial charge in [0.05, 0.1) is 12.5 Å². The average Bonchev–Trinajstić information content (AvgIpc) is 2.82. The van der Waals surface area contributed by atoms with Gasteiger partial charge in [-0.15, -0.1) is 11.3 Å². The van der Waals surface area contributed by atoms with Gasteiger partial charge in [0.15, 0.2) is 0 Å². The third-order valence-corrected chi connectivity index (χ3v) is 5.64. The van der Waals surface area contributed by atoms with E-state index in [0.29, 0.717) is 16.7 Å². The summed E-state index contributed by atoms with van der Waals surface area (Å²) in [5.74, 6) is 2.29. The Morgan fingerprint density at radius 3 is 2.68 bits per heavy atom. The van der Waals surface area contributed by atoms with Crippen molar-refractivity contribution in [1.82, 2.24) is 9.97 Å². The smallest absolute Gasteiger partial charge is 0.348 e. The Labute approximate surface area is 139 Å². The number of hydrogen-bond donors (Lipinski definition) is 0. The number of thiophene rings is 1. The Hall–Kier alpha value is -1.34. The molecule has 0 radical (unpaired) electrons. The summed E-state index contributed by atoms with van der Waals surface area (Å²) in [6.45, 7) is 5.98. The number of aryl methyl sites for hydroxylation is 2. The molecule has 0 aliphatic rings. The highest BCUT2D eigenvalue weighted by molar-refractivity contribution is 7.98. The fourth-order valence-electron chi connectivity index (χ4n) is 2.33. The molecule has 1 atom stereocenters. The molecule has 0 aliphatic heterocycles. The molecule has 120 valence electrons. The molecule has 2 aromatic rings. The summed E-state index contributed by atoms with van der Waals surface area (Å²) < 4.78 is 4.87. The first-order chi connectivity index (χ1) is 10.4. The van der Waals surface area contributed by atoms with Crippen LogP contribution < -0.4 is 4.90 Å². The zero-order chi connectivity index (χ0) is 16.4. The van der Waals surface area contributed by atoms with Crippen LogP contribution in [0.4, 0.5) is 5.82 Å². The first kappa shape index (κ1) is 17.0. The molecule has 0 saturated heterocycles. The number of carbonyl (C=O) groups is 1. The molecule has 0 saturated carbocycles. The van der Waals surface area contributed by atoms with Crippen molar-refractivity contribution in [2.75, 3.05) is 31.1 Å². The molecule has 0 amide bonds. The Morgan fingerprint density at radius 2 is 2.09 bits per heavy atom. The standard InChI is InChI=1S/C15H21N3O2S2/c1-8(7-21-6)18(4)13-11-9(2)12(15(19)20-5)22-14(11)17-10(3)16-13/h8H,7H2,1-6H3. The van der Waals surface area contributed by atoms with E-state index in [1.54, 1.807) is 11.8 Å². The number of fused-ring (bicyclic) bond motifs is 1. The minimum Gasteiger partial charge on any atom is -0.465 e. The lowest BCUT2D eigenvalue weighted by molar-refractivity contribution is 0.0605. The number of thioether (sulfide) groups is 1. The normalized spacial score (nSPS) is 12.5. The number of carbonyl (C=O) groups excluding carboxylic acids is 1. The molecule has 0 spiro atoms. The largest absolute Gasteiger partial charge is 0.465 e. The molecule has 0 bridgehead atoms. The van der Waals surface area contributed by atoms with Gasteiger partial charge in [-0.3, -0.25) is 0 Å². The van der Waals surface area contributed by atoms with Gasteiger partial charge in [0.1, 0.15) is 21.3 Å². The number of esters is 1. The van der Waals surface area contributed by atoms with Crippen molar-refractivity contribution in [2.24, 2.45) is 0 Å². The SMILES string of the molecule is COC(=O)c1sc2nc(C)nc(N(C)C(C)CSC)c2c1C. The highest BCUT2D eigenvalue weighted by atomic mass is 32.2. The Kier molecular flexibility index (Phi) is 5.28. The van der Waals surface area contributed by atoms with Crippen molar-refractivity contribution in [3.63, 3.8) is 0 Å². The zero-order valence-electron chi connectivity index (χ0n) is 13.8. The summed E-state index contributed by atoms with van der Waals surface area (Å²) in [4.78, 5) is 24.6. The highest BCUT2D eigenvalue weighted by Crippen LogP contribution is 2.36. The molecule has 7 heteroatoms. The van der Waals surface area contributed by atoms with E-state index in [4.69, 9.17) is 4.74 Å². The van der Waals surface area contributed by atoms with E-state index in [-0.39, 0.29) is 5.97 Å². The van der Waals surface area contributed by atoms with Crippen LogP contribution in [0, 0.1) is 13.8 Å². The van der Waals surface area contributed by atoms with Crippen molar-refractivity contribution in [1.29, 1.82) is 0 Å². The summed E-state index contributed by atoms with van der Waals surface area (Å²) in [6, 6.07) is 0.341. The molecule has 5 nitrogen and oxygen atoms in total. The number of aromatic nitrogens is 2. The van der Waals surface area contributed by atoms with Crippen molar-refractivity contribution < 1.29 is 9.53 Å². The summed E-state index contributed by atoms with van der Waals surface area (Å²) in [5.41, 5.74) is 0.894. The lowest BCUT2D eigenvalue weighted by atomic mass is 10.2.